The van der Waals surface area contributed by atoms with Crippen molar-refractivity contribution in [3.05, 3.63) is 23.2 Å². The molecule has 0 aliphatic carbocycles. The van der Waals surface area contributed by atoms with E-state index in [0.29, 0.717) is 42.8 Å². The molecule has 2 aliphatic rings. The van der Waals surface area contributed by atoms with Crippen molar-refractivity contribution in [1.29, 1.82) is 0 Å². The quantitative estimate of drug-likeness (QED) is 0.807. The van der Waals surface area contributed by atoms with Crippen LogP contribution in [-0.4, -0.2) is 74.2 Å². The van der Waals surface area contributed by atoms with E-state index in [9.17, 15) is 9.59 Å². The fourth-order valence-electron chi connectivity index (χ4n) is 3.73. The number of benzene rings is 1. The molecule has 8 heteroatoms. The Kier molecular flexibility index (Phi) is 7.15. The van der Waals surface area contributed by atoms with E-state index in [1.54, 1.807) is 25.3 Å². The molecule has 154 valence electrons. The first-order valence-corrected chi connectivity index (χ1v) is 10.1. The van der Waals surface area contributed by atoms with E-state index in [1.807, 2.05) is 11.8 Å². The fraction of sp³-hybridized carbons (Fsp3) is 0.600. The highest BCUT2D eigenvalue weighted by molar-refractivity contribution is 6.32. The minimum atomic E-state index is -0.277. The molecule has 3 rings (SSSR count). The number of likely N-dealkylation sites (tertiary alicyclic amines) is 1. The highest BCUT2D eigenvalue weighted by Gasteiger charge is 2.32. The smallest absolute Gasteiger partial charge is 0.241 e. The third kappa shape index (κ3) is 4.96. The molecule has 1 atom stereocenters. The molecule has 0 bridgehead atoms. The largest absolute Gasteiger partial charge is 0.495 e. The Bertz CT molecular complexity index is 701. The summed E-state index contributed by atoms with van der Waals surface area (Å²) in [4.78, 5) is 29.3. The first kappa shape index (κ1) is 20.9. The summed E-state index contributed by atoms with van der Waals surface area (Å²) in [5, 5.41) is 3.36. The normalized spacial score (nSPS) is 19.9. The first-order chi connectivity index (χ1) is 13.5. The van der Waals surface area contributed by atoms with Crippen molar-refractivity contribution < 1.29 is 19.1 Å². The van der Waals surface area contributed by atoms with Crippen molar-refractivity contribution in [1.82, 2.24) is 9.80 Å². The lowest BCUT2D eigenvalue weighted by Crippen LogP contribution is -2.50. The monoisotopic (exact) mass is 409 g/mol. The molecule has 1 N–H and O–H groups in total. The van der Waals surface area contributed by atoms with Crippen LogP contribution in [-0.2, 0) is 14.3 Å². The molecule has 0 unspecified atom stereocenters. The number of piperidine rings is 1. The van der Waals surface area contributed by atoms with Crippen LogP contribution < -0.4 is 10.1 Å². The van der Waals surface area contributed by atoms with Crippen molar-refractivity contribution >= 4 is 29.1 Å². The number of halogens is 1. The van der Waals surface area contributed by atoms with E-state index >= 15 is 0 Å². The summed E-state index contributed by atoms with van der Waals surface area (Å²) in [6.45, 7) is 5.97. The highest BCUT2D eigenvalue weighted by atomic mass is 35.5. The second-order valence-corrected chi connectivity index (χ2v) is 7.67. The second-order valence-electron chi connectivity index (χ2n) is 7.26. The average molecular weight is 410 g/mol. The van der Waals surface area contributed by atoms with Crippen molar-refractivity contribution in [2.24, 2.45) is 5.92 Å². The molecule has 1 aromatic carbocycles. The van der Waals surface area contributed by atoms with E-state index in [-0.39, 0.29) is 23.8 Å². The third-order valence-electron chi connectivity index (χ3n) is 5.55. The number of nitrogens with one attached hydrogen (secondary N) is 1. The maximum Gasteiger partial charge on any atom is 0.241 e. The first-order valence-electron chi connectivity index (χ1n) is 9.74. The third-order valence-corrected chi connectivity index (χ3v) is 5.84. The molecular weight excluding hydrogens is 382 g/mol. The lowest BCUT2D eigenvalue weighted by Gasteiger charge is -2.37. The fourth-order valence-corrected chi connectivity index (χ4v) is 3.99. The van der Waals surface area contributed by atoms with Gasteiger partial charge in [-0.3, -0.25) is 14.5 Å². The van der Waals surface area contributed by atoms with Gasteiger partial charge >= 0.3 is 0 Å². The second kappa shape index (κ2) is 9.58. The molecule has 0 saturated carbocycles. The van der Waals surface area contributed by atoms with Gasteiger partial charge in [-0.15, -0.1) is 0 Å². The standard InChI is InChI=1S/C20H28ClN3O4/c1-14(19(25)22-16-3-4-18(27-2)17(21)13-16)23-7-5-15(6-8-23)20(26)24-9-11-28-12-10-24/h3-4,13-15H,5-12H2,1-2H3,(H,22,25)/t14-/m1/s1. The van der Waals surface area contributed by atoms with Crippen LogP contribution in [0.5, 0.6) is 5.75 Å². The van der Waals surface area contributed by atoms with E-state index in [4.69, 9.17) is 21.1 Å². The molecule has 1 aromatic rings. The summed E-state index contributed by atoms with van der Waals surface area (Å²) < 4.78 is 10.4. The number of anilines is 1. The van der Waals surface area contributed by atoms with Crippen molar-refractivity contribution in [3.8, 4) is 5.75 Å². The van der Waals surface area contributed by atoms with Gasteiger partial charge in [-0.2, -0.15) is 0 Å². The topological polar surface area (TPSA) is 71.1 Å². The number of methoxy groups -OCH3 is 1. The summed E-state index contributed by atoms with van der Waals surface area (Å²) in [6.07, 6.45) is 1.56. The maximum atomic E-state index is 12.6. The van der Waals surface area contributed by atoms with Crippen molar-refractivity contribution in [2.75, 3.05) is 51.8 Å². The molecular formula is C20H28ClN3O4. The number of carbonyl (C=O) groups excluding carboxylic acids is 2. The van der Waals surface area contributed by atoms with Crippen LogP contribution in [0.25, 0.3) is 0 Å². The molecule has 2 saturated heterocycles. The van der Waals surface area contributed by atoms with E-state index < -0.39 is 0 Å². The summed E-state index contributed by atoms with van der Waals surface area (Å²) in [5.74, 6) is 0.761. The number of hydrogen-bond acceptors (Lipinski definition) is 5. The number of carbonyl (C=O) groups is 2. The number of rotatable bonds is 5. The Balaban J connectivity index is 1.50. The lowest BCUT2D eigenvalue weighted by molar-refractivity contribution is -0.141. The van der Waals surface area contributed by atoms with Crippen molar-refractivity contribution in [3.63, 3.8) is 0 Å². The van der Waals surface area contributed by atoms with Gasteiger partial charge in [0.2, 0.25) is 11.8 Å². The molecule has 0 radical (unpaired) electrons. The number of morpholine rings is 1. The summed E-state index contributed by atoms with van der Waals surface area (Å²) in [5.41, 5.74) is 0.639. The zero-order valence-electron chi connectivity index (χ0n) is 16.4. The zero-order valence-corrected chi connectivity index (χ0v) is 17.2. The minimum Gasteiger partial charge on any atom is -0.495 e. The van der Waals surface area contributed by atoms with E-state index in [1.165, 1.54) is 0 Å². The molecule has 2 fully saturated rings. The van der Waals surface area contributed by atoms with Gasteiger partial charge in [0, 0.05) is 24.7 Å². The van der Waals surface area contributed by atoms with Crippen LogP contribution in [0.4, 0.5) is 5.69 Å². The highest BCUT2D eigenvalue weighted by Crippen LogP contribution is 2.28. The van der Waals surface area contributed by atoms with Crippen LogP contribution in [0.1, 0.15) is 19.8 Å². The lowest BCUT2D eigenvalue weighted by atomic mass is 9.94. The predicted octanol–water partition coefficient (Wildman–Crippen LogP) is 2.25. The van der Waals surface area contributed by atoms with Crippen LogP contribution in [0, 0.1) is 5.92 Å². The Morgan fingerprint density at radius 2 is 1.89 bits per heavy atom. The molecule has 28 heavy (non-hydrogen) atoms. The minimum absolute atomic E-state index is 0.0463. The van der Waals surface area contributed by atoms with Crippen LogP contribution >= 0.6 is 11.6 Å². The maximum absolute atomic E-state index is 12.6. The van der Waals surface area contributed by atoms with Gasteiger partial charge in [0.1, 0.15) is 5.75 Å². The van der Waals surface area contributed by atoms with Gasteiger partial charge < -0.3 is 19.7 Å². The van der Waals surface area contributed by atoms with Gasteiger partial charge in [0.25, 0.3) is 0 Å². The SMILES string of the molecule is COc1ccc(NC(=O)[C@@H](C)N2CCC(C(=O)N3CCOCC3)CC2)cc1Cl. The number of nitrogens with zero attached hydrogens (tertiary/aromatic N) is 2. The van der Waals surface area contributed by atoms with Gasteiger partial charge in [-0.25, -0.2) is 0 Å². The van der Waals surface area contributed by atoms with Gasteiger partial charge in [-0.1, -0.05) is 11.6 Å². The Morgan fingerprint density at radius 3 is 2.50 bits per heavy atom. The zero-order chi connectivity index (χ0) is 20.1. The summed E-state index contributed by atoms with van der Waals surface area (Å²) in [6, 6.07) is 4.90. The number of ether oxygens (including phenoxy) is 2. The van der Waals surface area contributed by atoms with Crippen LogP contribution in [0.3, 0.4) is 0 Å². The Labute approximate surface area is 170 Å². The van der Waals surface area contributed by atoms with Gasteiger partial charge in [0.05, 0.1) is 31.4 Å². The Hall–Kier alpha value is -1.83. The Morgan fingerprint density at radius 1 is 1.21 bits per heavy atom. The average Bonchev–Trinajstić information content (AvgIpc) is 2.73. The summed E-state index contributed by atoms with van der Waals surface area (Å²) in [7, 11) is 1.55. The number of amides is 2. The van der Waals surface area contributed by atoms with Gasteiger partial charge in [-0.05, 0) is 51.1 Å². The summed E-state index contributed by atoms with van der Waals surface area (Å²) >= 11 is 6.12. The molecule has 0 spiro atoms. The molecule has 2 amide bonds. The van der Waals surface area contributed by atoms with E-state index in [0.717, 1.165) is 25.9 Å². The number of hydrogen-bond donors (Lipinski definition) is 1. The molecule has 7 nitrogen and oxygen atoms in total. The molecule has 2 heterocycles. The van der Waals surface area contributed by atoms with E-state index in [2.05, 4.69) is 10.2 Å². The molecule has 0 aromatic heterocycles. The van der Waals surface area contributed by atoms with Crippen molar-refractivity contribution in [2.45, 2.75) is 25.8 Å². The van der Waals surface area contributed by atoms with Crippen LogP contribution in [0.2, 0.25) is 5.02 Å². The predicted molar refractivity (Wildman–Crippen MR) is 108 cm³/mol. The van der Waals surface area contributed by atoms with Gasteiger partial charge in [0.15, 0.2) is 0 Å². The molecule has 2 aliphatic heterocycles. The van der Waals surface area contributed by atoms with Crippen LogP contribution in [0.15, 0.2) is 18.2 Å².